The summed E-state index contributed by atoms with van der Waals surface area (Å²) in [7, 11) is 0. The van der Waals surface area contributed by atoms with Gasteiger partial charge in [-0.15, -0.1) is 0 Å². The number of benzene rings is 1. The third-order valence-electron chi connectivity index (χ3n) is 2.87. The van der Waals surface area contributed by atoms with Gasteiger partial charge in [-0.3, -0.25) is 0 Å². The zero-order valence-corrected chi connectivity index (χ0v) is 9.79. The van der Waals surface area contributed by atoms with E-state index in [0.717, 1.165) is 23.1 Å². The molecular formula is C13H18O2. The van der Waals surface area contributed by atoms with Crippen LogP contribution < -0.4 is 0 Å². The minimum absolute atomic E-state index is 0.301. The summed E-state index contributed by atoms with van der Waals surface area (Å²) in [4.78, 5) is 11.2. The van der Waals surface area contributed by atoms with E-state index >= 15 is 0 Å². The van der Waals surface area contributed by atoms with Crippen LogP contribution in [0.1, 0.15) is 53.2 Å². The normalized spacial score (nSPS) is 12.5. The molecule has 0 fully saturated rings. The van der Waals surface area contributed by atoms with Gasteiger partial charge in [0.25, 0.3) is 0 Å². The first-order valence-electron chi connectivity index (χ1n) is 5.31. The average molecular weight is 206 g/mol. The van der Waals surface area contributed by atoms with Gasteiger partial charge in [-0.25, -0.2) is 4.79 Å². The van der Waals surface area contributed by atoms with Gasteiger partial charge < -0.3 is 5.11 Å². The first kappa shape index (κ1) is 11.8. The molecule has 2 heteroatoms. The molecule has 1 unspecified atom stereocenters. The fourth-order valence-corrected chi connectivity index (χ4v) is 1.90. The maximum absolute atomic E-state index is 11.2. The molecule has 0 aromatic heterocycles. The van der Waals surface area contributed by atoms with Crippen molar-refractivity contribution in [2.24, 2.45) is 0 Å². The molecule has 1 aromatic carbocycles. The van der Waals surface area contributed by atoms with Crippen molar-refractivity contribution in [2.45, 2.75) is 40.0 Å². The first-order valence-corrected chi connectivity index (χ1v) is 5.31. The summed E-state index contributed by atoms with van der Waals surface area (Å²) in [6, 6.07) is 3.92. The molecule has 0 saturated carbocycles. The van der Waals surface area contributed by atoms with Crippen LogP contribution in [-0.2, 0) is 0 Å². The van der Waals surface area contributed by atoms with Crippen molar-refractivity contribution in [2.75, 3.05) is 0 Å². The van der Waals surface area contributed by atoms with Crippen LogP contribution in [0.5, 0.6) is 0 Å². The van der Waals surface area contributed by atoms with Gasteiger partial charge in [0.05, 0.1) is 5.56 Å². The van der Waals surface area contributed by atoms with Crippen molar-refractivity contribution in [1.82, 2.24) is 0 Å². The highest BCUT2D eigenvalue weighted by Gasteiger charge is 2.17. The van der Waals surface area contributed by atoms with E-state index in [1.54, 1.807) is 0 Å². The number of hydrogen-bond acceptors (Lipinski definition) is 1. The van der Waals surface area contributed by atoms with Gasteiger partial charge in [0.15, 0.2) is 0 Å². The topological polar surface area (TPSA) is 37.3 Å². The van der Waals surface area contributed by atoms with Crippen LogP contribution in [0.4, 0.5) is 0 Å². The van der Waals surface area contributed by atoms with Crippen molar-refractivity contribution in [3.05, 3.63) is 34.4 Å². The predicted octanol–water partition coefficient (Wildman–Crippen LogP) is 3.52. The van der Waals surface area contributed by atoms with Crippen LogP contribution in [0.25, 0.3) is 0 Å². The Morgan fingerprint density at radius 2 is 2.00 bits per heavy atom. The number of aryl methyl sites for hydroxylation is 2. The number of carboxylic acid groups (broad SMARTS) is 1. The zero-order valence-electron chi connectivity index (χ0n) is 9.79. The van der Waals surface area contributed by atoms with Crippen LogP contribution in [0.3, 0.4) is 0 Å². The Bertz CT molecular complexity index is 380. The molecule has 0 amide bonds. The number of carbonyl (C=O) groups is 1. The third-order valence-corrected chi connectivity index (χ3v) is 2.87. The Morgan fingerprint density at radius 1 is 1.40 bits per heavy atom. The van der Waals surface area contributed by atoms with Gasteiger partial charge in [-0.05, 0) is 37.3 Å². The van der Waals surface area contributed by atoms with Crippen LogP contribution in [0.2, 0.25) is 0 Å². The molecule has 0 aliphatic heterocycles. The van der Waals surface area contributed by atoms with Gasteiger partial charge in [0.1, 0.15) is 0 Å². The van der Waals surface area contributed by atoms with Crippen molar-refractivity contribution in [1.29, 1.82) is 0 Å². The summed E-state index contributed by atoms with van der Waals surface area (Å²) in [6.45, 7) is 8.02. The van der Waals surface area contributed by atoms with E-state index in [1.807, 2.05) is 26.0 Å². The highest BCUT2D eigenvalue weighted by molar-refractivity contribution is 5.91. The fraction of sp³-hybridized carbons (Fsp3) is 0.462. The zero-order chi connectivity index (χ0) is 11.6. The summed E-state index contributed by atoms with van der Waals surface area (Å²) >= 11 is 0. The Labute approximate surface area is 90.9 Å². The predicted molar refractivity (Wildman–Crippen MR) is 61.6 cm³/mol. The number of rotatable bonds is 3. The van der Waals surface area contributed by atoms with E-state index in [4.69, 9.17) is 0 Å². The average Bonchev–Trinajstić information content (AvgIpc) is 2.14. The number of carboxylic acids is 1. The second-order valence-electron chi connectivity index (χ2n) is 4.16. The molecular weight excluding hydrogens is 188 g/mol. The lowest BCUT2D eigenvalue weighted by atomic mass is 9.89. The van der Waals surface area contributed by atoms with Gasteiger partial charge in [0.2, 0.25) is 0 Å². The smallest absolute Gasteiger partial charge is 0.336 e. The summed E-state index contributed by atoms with van der Waals surface area (Å²) < 4.78 is 0. The van der Waals surface area contributed by atoms with Gasteiger partial charge >= 0.3 is 5.97 Å². The summed E-state index contributed by atoms with van der Waals surface area (Å²) in [5.41, 5.74) is 3.43. The van der Waals surface area contributed by atoms with Crippen LogP contribution >= 0.6 is 0 Å². The standard InChI is InChI=1S/C13H18O2/c1-5-9(3)11-7-8(2)6-10(4)12(11)13(14)15/h6-7,9H,5H2,1-4H3,(H,14,15). The molecule has 0 bridgehead atoms. The minimum atomic E-state index is -0.817. The molecule has 82 valence electrons. The Hall–Kier alpha value is -1.31. The lowest BCUT2D eigenvalue weighted by molar-refractivity contribution is 0.0694. The van der Waals surface area contributed by atoms with Crippen molar-refractivity contribution in [3.63, 3.8) is 0 Å². The van der Waals surface area contributed by atoms with Gasteiger partial charge in [0, 0.05) is 0 Å². The molecule has 1 rings (SSSR count). The summed E-state index contributed by atoms with van der Waals surface area (Å²) in [5.74, 6) is -0.516. The highest BCUT2D eigenvalue weighted by Crippen LogP contribution is 2.26. The van der Waals surface area contributed by atoms with Crippen LogP contribution in [-0.4, -0.2) is 11.1 Å². The lowest BCUT2D eigenvalue weighted by Crippen LogP contribution is -2.08. The van der Waals surface area contributed by atoms with Crippen LogP contribution in [0, 0.1) is 13.8 Å². The number of aromatic carboxylic acids is 1. The monoisotopic (exact) mass is 206 g/mol. The molecule has 0 saturated heterocycles. The molecule has 2 nitrogen and oxygen atoms in total. The molecule has 0 radical (unpaired) electrons. The molecule has 1 atom stereocenters. The second-order valence-corrected chi connectivity index (χ2v) is 4.16. The van der Waals surface area contributed by atoms with E-state index in [2.05, 4.69) is 13.8 Å². The number of hydrogen-bond donors (Lipinski definition) is 1. The SMILES string of the molecule is CCC(C)c1cc(C)cc(C)c1C(=O)O. The summed E-state index contributed by atoms with van der Waals surface area (Å²) in [5, 5.41) is 9.18. The van der Waals surface area contributed by atoms with Gasteiger partial charge in [-0.2, -0.15) is 0 Å². The minimum Gasteiger partial charge on any atom is -0.478 e. The first-order chi connectivity index (χ1) is 6.97. The lowest BCUT2D eigenvalue weighted by Gasteiger charge is -2.15. The molecule has 1 N–H and O–H groups in total. The molecule has 0 aliphatic rings. The molecule has 0 heterocycles. The van der Waals surface area contributed by atoms with Crippen molar-refractivity contribution < 1.29 is 9.90 Å². The summed E-state index contributed by atoms with van der Waals surface area (Å²) in [6.07, 6.45) is 0.961. The quantitative estimate of drug-likeness (QED) is 0.821. The maximum Gasteiger partial charge on any atom is 0.336 e. The Balaban J connectivity index is 3.39. The maximum atomic E-state index is 11.2. The van der Waals surface area contributed by atoms with Gasteiger partial charge in [-0.1, -0.05) is 31.5 Å². The van der Waals surface area contributed by atoms with Crippen molar-refractivity contribution in [3.8, 4) is 0 Å². The van der Waals surface area contributed by atoms with E-state index in [0.29, 0.717) is 11.5 Å². The van der Waals surface area contributed by atoms with E-state index in [9.17, 15) is 9.90 Å². The molecule has 0 spiro atoms. The van der Waals surface area contributed by atoms with E-state index in [1.165, 1.54) is 0 Å². The fourth-order valence-electron chi connectivity index (χ4n) is 1.90. The van der Waals surface area contributed by atoms with Crippen molar-refractivity contribution >= 4 is 5.97 Å². The Morgan fingerprint density at radius 3 is 2.47 bits per heavy atom. The Kier molecular flexibility index (Phi) is 3.51. The molecule has 0 aliphatic carbocycles. The molecule has 1 aromatic rings. The third kappa shape index (κ3) is 2.38. The highest BCUT2D eigenvalue weighted by atomic mass is 16.4. The second kappa shape index (κ2) is 4.47. The molecule has 15 heavy (non-hydrogen) atoms. The van der Waals surface area contributed by atoms with E-state index < -0.39 is 5.97 Å². The van der Waals surface area contributed by atoms with E-state index in [-0.39, 0.29) is 0 Å². The largest absolute Gasteiger partial charge is 0.478 e. The van der Waals surface area contributed by atoms with Crippen LogP contribution in [0.15, 0.2) is 12.1 Å².